The topological polar surface area (TPSA) is 44.8 Å². The lowest BCUT2D eigenvalue weighted by atomic mass is 10.2. The van der Waals surface area contributed by atoms with Gasteiger partial charge in [0.2, 0.25) is 0 Å². The molecule has 0 aliphatic carbocycles. The Morgan fingerprint density at radius 2 is 2.12 bits per heavy atom. The molecule has 0 bridgehead atoms. The lowest BCUT2D eigenvalue weighted by Gasteiger charge is -2.09. The first-order valence-corrected chi connectivity index (χ1v) is 5.28. The summed E-state index contributed by atoms with van der Waals surface area (Å²) in [5.74, 6) is 0.0918. The van der Waals surface area contributed by atoms with Crippen LogP contribution in [0, 0.1) is 0 Å². The van der Waals surface area contributed by atoms with Crippen LogP contribution < -0.4 is 4.74 Å². The largest absolute Gasteiger partial charge is 0.490 e. The molecule has 17 heavy (non-hydrogen) atoms. The van der Waals surface area contributed by atoms with E-state index in [1.165, 1.54) is 7.11 Å². The number of benzene rings is 1. The van der Waals surface area contributed by atoms with Crippen LogP contribution in [0.5, 0.6) is 5.75 Å². The van der Waals surface area contributed by atoms with Crippen molar-refractivity contribution < 1.29 is 19.0 Å². The Kier molecular flexibility index (Phi) is 5.82. The predicted octanol–water partition coefficient (Wildman–Crippen LogP) is 2.05. The van der Waals surface area contributed by atoms with Gasteiger partial charge in [0.15, 0.2) is 0 Å². The molecule has 0 unspecified atom stereocenters. The van der Waals surface area contributed by atoms with Crippen LogP contribution in [0.1, 0.15) is 10.4 Å². The molecular formula is C13H16O4. The molecular weight excluding hydrogens is 220 g/mol. The Balaban J connectivity index is 2.52. The number of rotatable bonds is 7. The third-order valence-corrected chi connectivity index (χ3v) is 2.01. The SMILES string of the molecule is C=CCOCCOc1ccccc1C(=O)OC. The van der Waals surface area contributed by atoms with Gasteiger partial charge in [-0.25, -0.2) is 4.79 Å². The fourth-order valence-electron chi connectivity index (χ4n) is 1.25. The van der Waals surface area contributed by atoms with Crippen LogP contribution in [-0.4, -0.2) is 32.9 Å². The fraction of sp³-hybridized carbons (Fsp3) is 0.308. The molecule has 0 aliphatic heterocycles. The van der Waals surface area contributed by atoms with Crippen LogP contribution in [-0.2, 0) is 9.47 Å². The van der Waals surface area contributed by atoms with E-state index in [-0.39, 0.29) is 0 Å². The molecule has 0 atom stereocenters. The summed E-state index contributed by atoms with van der Waals surface area (Å²) in [6, 6.07) is 6.94. The van der Waals surface area contributed by atoms with Crippen molar-refractivity contribution in [2.75, 3.05) is 26.9 Å². The van der Waals surface area contributed by atoms with E-state index >= 15 is 0 Å². The van der Waals surface area contributed by atoms with Gasteiger partial charge in [-0.1, -0.05) is 18.2 Å². The molecule has 0 fully saturated rings. The van der Waals surface area contributed by atoms with Gasteiger partial charge in [0.25, 0.3) is 0 Å². The van der Waals surface area contributed by atoms with Crippen molar-refractivity contribution in [2.24, 2.45) is 0 Å². The summed E-state index contributed by atoms with van der Waals surface area (Å²) >= 11 is 0. The zero-order chi connectivity index (χ0) is 12.5. The first-order valence-electron chi connectivity index (χ1n) is 5.28. The summed E-state index contributed by atoms with van der Waals surface area (Å²) < 4.78 is 15.3. The van der Waals surface area contributed by atoms with E-state index in [2.05, 4.69) is 11.3 Å². The molecule has 92 valence electrons. The van der Waals surface area contributed by atoms with Crippen molar-refractivity contribution in [2.45, 2.75) is 0 Å². The summed E-state index contributed by atoms with van der Waals surface area (Å²) in [5, 5.41) is 0. The Morgan fingerprint density at radius 3 is 2.82 bits per heavy atom. The molecule has 1 rings (SSSR count). The lowest BCUT2D eigenvalue weighted by molar-refractivity contribution is 0.0592. The van der Waals surface area contributed by atoms with Crippen LogP contribution in [0.15, 0.2) is 36.9 Å². The minimum absolute atomic E-state index is 0.377. The summed E-state index contributed by atoms with van der Waals surface area (Å²) in [4.78, 5) is 11.4. The van der Waals surface area contributed by atoms with Crippen LogP contribution >= 0.6 is 0 Å². The maximum atomic E-state index is 11.4. The zero-order valence-corrected chi connectivity index (χ0v) is 9.85. The van der Waals surface area contributed by atoms with E-state index in [0.717, 1.165) is 0 Å². The van der Waals surface area contributed by atoms with Gasteiger partial charge in [-0.2, -0.15) is 0 Å². The van der Waals surface area contributed by atoms with Crippen LogP contribution in [0.2, 0.25) is 0 Å². The van der Waals surface area contributed by atoms with E-state index in [4.69, 9.17) is 9.47 Å². The molecule has 0 radical (unpaired) electrons. The highest BCUT2D eigenvalue weighted by atomic mass is 16.5. The Hall–Kier alpha value is -1.81. The maximum Gasteiger partial charge on any atom is 0.341 e. The summed E-state index contributed by atoms with van der Waals surface area (Å²) in [6.45, 7) is 4.85. The van der Waals surface area contributed by atoms with Crippen molar-refractivity contribution >= 4 is 5.97 Å². The van der Waals surface area contributed by atoms with Gasteiger partial charge in [-0.05, 0) is 12.1 Å². The van der Waals surface area contributed by atoms with Gasteiger partial charge in [-0.3, -0.25) is 0 Å². The summed E-state index contributed by atoms with van der Waals surface area (Å²) in [6.07, 6.45) is 1.67. The normalized spacial score (nSPS) is 9.71. The monoisotopic (exact) mass is 236 g/mol. The minimum atomic E-state index is -0.410. The third-order valence-electron chi connectivity index (χ3n) is 2.01. The molecule has 1 aromatic carbocycles. The quantitative estimate of drug-likeness (QED) is 0.413. The van der Waals surface area contributed by atoms with Crippen molar-refractivity contribution in [3.05, 3.63) is 42.5 Å². The number of carbonyl (C=O) groups is 1. The molecule has 0 amide bonds. The number of esters is 1. The standard InChI is InChI=1S/C13H16O4/c1-3-8-16-9-10-17-12-7-5-4-6-11(12)13(14)15-2/h3-7H,1,8-10H2,2H3. The van der Waals surface area contributed by atoms with Gasteiger partial charge >= 0.3 is 5.97 Å². The number of hydrogen-bond donors (Lipinski definition) is 0. The molecule has 0 N–H and O–H groups in total. The van der Waals surface area contributed by atoms with Gasteiger partial charge in [0, 0.05) is 0 Å². The van der Waals surface area contributed by atoms with Crippen molar-refractivity contribution in [3.63, 3.8) is 0 Å². The molecule has 0 saturated heterocycles. The highest BCUT2D eigenvalue weighted by Gasteiger charge is 2.11. The van der Waals surface area contributed by atoms with Crippen LogP contribution in [0.25, 0.3) is 0 Å². The maximum absolute atomic E-state index is 11.4. The molecule has 0 heterocycles. The second-order valence-electron chi connectivity index (χ2n) is 3.20. The molecule has 1 aromatic rings. The first kappa shape index (κ1) is 13.3. The average Bonchev–Trinajstić information content (AvgIpc) is 2.38. The highest BCUT2D eigenvalue weighted by molar-refractivity contribution is 5.92. The first-order chi connectivity index (χ1) is 8.29. The number of carbonyl (C=O) groups excluding carboxylic acids is 1. The number of para-hydroxylation sites is 1. The lowest BCUT2D eigenvalue weighted by Crippen LogP contribution is -2.10. The summed E-state index contributed by atoms with van der Waals surface area (Å²) in [5.41, 5.74) is 0.415. The Labute approximate surface area is 101 Å². The minimum Gasteiger partial charge on any atom is -0.490 e. The average molecular weight is 236 g/mol. The van der Waals surface area contributed by atoms with Gasteiger partial charge in [0.1, 0.15) is 17.9 Å². The molecule has 0 aliphatic rings. The Bertz CT molecular complexity index is 373. The van der Waals surface area contributed by atoms with E-state index in [9.17, 15) is 4.79 Å². The molecule has 0 aromatic heterocycles. The molecule has 0 spiro atoms. The third kappa shape index (κ3) is 4.28. The van der Waals surface area contributed by atoms with Crippen molar-refractivity contribution in [3.8, 4) is 5.75 Å². The van der Waals surface area contributed by atoms with Gasteiger partial charge in [0.05, 0.1) is 20.3 Å². The Morgan fingerprint density at radius 1 is 1.35 bits per heavy atom. The second kappa shape index (κ2) is 7.46. The van der Waals surface area contributed by atoms with E-state index in [1.807, 2.05) is 0 Å². The number of hydrogen-bond acceptors (Lipinski definition) is 4. The number of methoxy groups -OCH3 is 1. The fourth-order valence-corrected chi connectivity index (χ4v) is 1.25. The van der Waals surface area contributed by atoms with E-state index in [1.54, 1.807) is 30.3 Å². The van der Waals surface area contributed by atoms with Gasteiger partial charge < -0.3 is 14.2 Å². The highest BCUT2D eigenvalue weighted by Crippen LogP contribution is 2.18. The van der Waals surface area contributed by atoms with E-state index < -0.39 is 5.97 Å². The van der Waals surface area contributed by atoms with Crippen molar-refractivity contribution in [1.82, 2.24) is 0 Å². The molecule has 4 heteroatoms. The van der Waals surface area contributed by atoms with Crippen LogP contribution in [0.3, 0.4) is 0 Å². The van der Waals surface area contributed by atoms with Crippen LogP contribution in [0.4, 0.5) is 0 Å². The van der Waals surface area contributed by atoms with E-state index in [0.29, 0.717) is 31.1 Å². The smallest absolute Gasteiger partial charge is 0.341 e. The second-order valence-corrected chi connectivity index (χ2v) is 3.20. The van der Waals surface area contributed by atoms with Crippen molar-refractivity contribution in [1.29, 1.82) is 0 Å². The van der Waals surface area contributed by atoms with Gasteiger partial charge in [-0.15, -0.1) is 6.58 Å². The zero-order valence-electron chi connectivity index (χ0n) is 9.85. The molecule has 0 saturated carbocycles. The summed E-state index contributed by atoms with van der Waals surface area (Å²) in [7, 11) is 1.34. The number of ether oxygens (including phenoxy) is 3. The molecule has 4 nitrogen and oxygen atoms in total. The predicted molar refractivity (Wildman–Crippen MR) is 64.3 cm³/mol.